The largest absolute Gasteiger partial charge is 0.544 e. The summed E-state index contributed by atoms with van der Waals surface area (Å²) in [6, 6.07) is -0.734. The van der Waals surface area contributed by atoms with Gasteiger partial charge < -0.3 is 28.6 Å². The van der Waals surface area contributed by atoms with E-state index in [1.54, 1.807) is 21.1 Å². The lowest BCUT2D eigenvalue weighted by atomic mass is 10.1. The number of unbranched alkanes of at least 4 members (excludes halogenated alkanes) is 12. The number of esters is 2. The number of likely N-dealkylation sites (N-methyl/N-ethyl adjacent to an activating group) is 1. The van der Waals surface area contributed by atoms with Gasteiger partial charge in [0.1, 0.15) is 12.6 Å². The van der Waals surface area contributed by atoms with Gasteiger partial charge in [0.2, 0.25) is 0 Å². The van der Waals surface area contributed by atoms with Crippen LogP contribution in [0.5, 0.6) is 0 Å². The molecule has 0 amide bonds. The Hall–Kier alpha value is -3.23. The smallest absolute Gasteiger partial charge is 0.306 e. The van der Waals surface area contributed by atoms with Crippen molar-refractivity contribution in [1.29, 1.82) is 0 Å². The average Bonchev–Trinajstić information content (AvgIpc) is 3.15. The number of hydrogen-bond acceptors (Lipinski definition) is 7. The number of carboxylic acids is 1. The van der Waals surface area contributed by atoms with Gasteiger partial charge in [-0.1, -0.05) is 132 Å². The molecule has 0 aliphatic carbocycles. The molecular formula is C48H81NO7. The van der Waals surface area contributed by atoms with Gasteiger partial charge >= 0.3 is 11.9 Å². The van der Waals surface area contributed by atoms with Gasteiger partial charge in [-0.25, -0.2) is 0 Å². The highest BCUT2D eigenvalue weighted by atomic mass is 16.6. The van der Waals surface area contributed by atoms with Crippen LogP contribution in [-0.4, -0.2) is 75.5 Å². The summed E-state index contributed by atoms with van der Waals surface area (Å²) in [5, 5.41) is 11.6. The third kappa shape index (κ3) is 36.4. The molecule has 0 saturated heterocycles. The quantitative estimate of drug-likeness (QED) is 0.0266. The lowest BCUT2D eigenvalue weighted by Crippen LogP contribution is -2.55. The molecule has 0 bridgehead atoms. The molecule has 320 valence electrons. The molecule has 2 unspecified atom stereocenters. The number of nitrogens with zero attached hydrogens (tertiary/aromatic N) is 1. The predicted molar refractivity (Wildman–Crippen MR) is 231 cm³/mol. The molecule has 0 N–H and O–H groups in total. The molecule has 0 rings (SSSR count). The normalized spacial score (nSPS) is 13.7. The zero-order valence-electron chi connectivity index (χ0n) is 36.3. The number of carboxylic acid groups (broad SMARTS) is 1. The number of allylic oxidation sites excluding steroid dienone is 12. The van der Waals surface area contributed by atoms with E-state index in [0.717, 1.165) is 103 Å². The van der Waals surface area contributed by atoms with Crippen LogP contribution in [0.2, 0.25) is 0 Å². The van der Waals surface area contributed by atoms with Crippen molar-refractivity contribution in [3.05, 3.63) is 72.9 Å². The number of rotatable bonds is 38. The van der Waals surface area contributed by atoms with Crippen LogP contribution in [0.4, 0.5) is 0 Å². The SMILES string of the molecule is CC/C=C/C/C=C/C/C=C/C/C=C/C/C=C/CCCCCCC(=O)OCC(COCCC(C(=O)[O-])[N+](C)(C)C)OC(=O)CCCCCCC/C=C/CCCCC. The third-order valence-electron chi connectivity index (χ3n) is 9.33. The van der Waals surface area contributed by atoms with Gasteiger partial charge in [-0.15, -0.1) is 0 Å². The lowest BCUT2D eigenvalue weighted by Gasteiger charge is -2.34. The Kier molecular flexibility index (Phi) is 36.4. The van der Waals surface area contributed by atoms with Crippen molar-refractivity contribution < 1.29 is 38.2 Å². The van der Waals surface area contributed by atoms with E-state index in [9.17, 15) is 19.5 Å². The number of ether oxygens (including phenoxy) is 3. The van der Waals surface area contributed by atoms with Crippen LogP contribution in [0.15, 0.2) is 72.9 Å². The first-order valence-electron chi connectivity index (χ1n) is 22.0. The van der Waals surface area contributed by atoms with Crippen molar-refractivity contribution in [2.24, 2.45) is 0 Å². The van der Waals surface area contributed by atoms with Crippen molar-refractivity contribution in [2.75, 3.05) is 41.0 Å². The monoisotopic (exact) mass is 784 g/mol. The first-order valence-corrected chi connectivity index (χ1v) is 22.0. The van der Waals surface area contributed by atoms with Crippen LogP contribution in [0.1, 0.15) is 162 Å². The van der Waals surface area contributed by atoms with Gasteiger partial charge in [0.25, 0.3) is 0 Å². The fourth-order valence-electron chi connectivity index (χ4n) is 5.91. The molecule has 0 saturated carbocycles. The van der Waals surface area contributed by atoms with Gasteiger partial charge in [-0.05, 0) is 83.5 Å². The first-order chi connectivity index (χ1) is 27.1. The second-order valence-electron chi connectivity index (χ2n) is 15.5. The summed E-state index contributed by atoms with van der Waals surface area (Å²) in [4.78, 5) is 36.8. The molecule has 0 aromatic carbocycles. The molecule has 0 aliphatic rings. The maximum atomic E-state index is 12.7. The third-order valence-corrected chi connectivity index (χ3v) is 9.33. The van der Waals surface area contributed by atoms with E-state index in [-0.39, 0.29) is 42.7 Å². The van der Waals surface area contributed by atoms with Crippen LogP contribution in [0, 0.1) is 0 Å². The number of quaternary nitrogens is 1. The van der Waals surface area contributed by atoms with Crippen molar-refractivity contribution in [3.63, 3.8) is 0 Å². The van der Waals surface area contributed by atoms with E-state index in [0.29, 0.717) is 12.8 Å². The fourth-order valence-corrected chi connectivity index (χ4v) is 5.91. The topological polar surface area (TPSA) is 102 Å². The van der Waals surface area contributed by atoms with Crippen molar-refractivity contribution >= 4 is 17.9 Å². The zero-order chi connectivity index (χ0) is 41.4. The highest BCUT2D eigenvalue weighted by Crippen LogP contribution is 2.12. The molecule has 2 atom stereocenters. The maximum absolute atomic E-state index is 12.7. The van der Waals surface area contributed by atoms with Crippen LogP contribution < -0.4 is 5.11 Å². The molecule has 8 nitrogen and oxygen atoms in total. The lowest BCUT2D eigenvalue weighted by molar-refractivity contribution is -0.889. The Balaban J connectivity index is 4.39. The molecule has 0 fully saturated rings. The number of carbonyl (C=O) groups is 3. The summed E-state index contributed by atoms with van der Waals surface area (Å²) < 4.78 is 17.1. The first kappa shape index (κ1) is 52.8. The van der Waals surface area contributed by atoms with E-state index in [4.69, 9.17) is 14.2 Å². The standard InChI is InChI=1S/C48H81NO7/c1-6-8-10-12-14-16-18-20-21-22-23-24-25-26-27-29-30-32-34-36-38-46(50)55-43-44(42-54-41-40-45(48(52)53)49(3,4)5)56-47(51)39-37-35-33-31-28-19-17-15-13-11-9-7-2/h8,10,14-17,20-21,23-24,26-27,44-45H,6-7,9,11-13,18-19,22,25,28-43H2,1-5H3/b10-8+,16-14+,17-15+,21-20+,24-23+,27-26+. The predicted octanol–water partition coefficient (Wildman–Crippen LogP) is 10.6. The summed E-state index contributed by atoms with van der Waals surface area (Å²) in [6.07, 6.45) is 47.8. The van der Waals surface area contributed by atoms with E-state index in [1.807, 2.05) is 0 Å². The summed E-state index contributed by atoms with van der Waals surface area (Å²) in [6.45, 7) is 4.47. The molecular weight excluding hydrogens is 703 g/mol. The Morgan fingerprint density at radius 3 is 1.50 bits per heavy atom. The van der Waals surface area contributed by atoms with E-state index < -0.39 is 18.1 Å². The van der Waals surface area contributed by atoms with Crippen molar-refractivity contribution in [2.45, 2.75) is 174 Å². The van der Waals surface area contributed by atoms with Crippen molar-refractivity contribution in [1.82, 2.24) is 0 Å². The Labute approximate surface area is 342 Å². The number of hydrogen-bond donors (Lipinski definition) is 0. The summed E-state index contributed by atoms with van der Waals surface area (Å²) >= 11 is 0. The van der Waals surface area contributed by atoms with E-state index >= 15 is 0 Å². The van der Waals surface area contributed by atoms with E-state index in [2.05, 4.69) is 86.8 Å². The highest BCUT2D eigenvalue weighted by molar-refractivity contribution is 5.70. The summed E-state index contributed by atoms with van der Waals surface area (Å²) in [7, 11) is 5.39. The van der Waals surface area contributed by atoms with Gasteiger partial charge in [0.05, 0.1) is 40.3 Å². The minimum atomic E-state index is -1.13. The molecule has 8 heteroatoms. The second-order valence-corrected chi connectivity index (χ2v) is 15.5. The zero-order valence-corrected chi connectivity index (χ0v) is 36.3. The molecule has 0 aromatic rings. The van der Waals surface area contributed by atoms with Crippen LogP contribution in [0.25, 0.3) is 0 Å². The second kappa shape index (κ2) is 38.6. The summed E-state index contributed by atoms with van der Waals surface area (Å²) in [5.41, 5.74) is 0. The van der Waals surface area contributed by atoms with E-state index in [1.165, 1.54) is 25.7 Å². The highest BCUT2D eigenvalue weighted by Gasteiger charge is 2.25. The molecule has 0 radical (unpaired) electrons. The number of carbonyl (C=O) groups excluding carboxylic acids is 3. The van der Waals surface area contributed by atoms with Crippen LogP contribution in [-0.2, 0) is 28.6 Å². The Bertz CT molecular complexity index is 1140. The average molecular weight is 784 g/mol. The Morgan fingerprint density at radius 1 is 0.554 bits per heavy atom. The molecule has 0 aliphatic heterocycles. The molecule has 0 aromatic heterocycles. The van der Waals surface area contributed by atoms with Crippen LogP contribution in [0.3, 0.4) is 0 Å². The minimum absolute atomic E-state index is 0.0255. The summed E-state index contributed by atoms with van der Waals surface area (Å²) in [5.74, 6) is -1.79. The Morgan fingerprint density at radius 2 is 1.00 bits per heavy atom. The van der Waals surface area contributed by atoms with Gasteiger partial charge in [0.15, 0.2) is 6.10 Å². The maximum Gasteiger partial charge on any atom is 0.306 e. The van der Waals surface area contributed by atoms with Crippen LogP contribution >= 0.6 is 0 Å². The van der Waals surface area contributed by atoms with Gasteiger partial charge in [-0.2, -0.15) is 0 Å². The molecule has 56 heavy (non-hydrogen) atoms. The molecule has 0 heterocycles. The van der Waals surface area contributed by atoms with Gasteiger partial charge in [-0.3, -0.25) is 9.59 Å². The number of aliphatic carboxylic acids is 1. The minimum Gasteiger partial charge on any atom is -0.544 e. The van der Waals surface area contributed by atoms with Crippen molar-refractivity contribution in [3.8, 4) is 0 Å². The van der Waals surface area contributed by atoms with Gasteiger partial charge in [0, 0.05) is 19.3 Å². The molecule has 0 spiro atoms. The fraction of sp³-hybridized carbons (Fsp3) is 0.688.